The Kier molecular flexibility index (Phi) is 6.36. The van der Waals surface area contributed by atoms with Crippen molar-refractivity contribution in [3.05, 3.63) is 101 Å². The molecule has 0 bridgehead atoms. The minimum Gasteiger partial charge on any atom is -0.391 e. The Labute approximate surface area is 190 Å². The van der Waals surface area contributed by atoms with Crippen LogP contribution in [0.3, 0.4) is 0 Å². The molecule has 32 heavy (non-hydrogen) atoms. The fraction of sp³-hybridized carbons (Fsp3) is 0.0435. The monoisotopic (exact) mass is 466 g/mol. The van der Waals surface area contributed by atoms with E-state index >= 15 is 0 Å². The average molecular weight is 467 g/mol. The van der Waals surface area contributed by atoms with Crippen molar-refractivity contribution in [3.8, 4) is 16.9 Å². The first-order valence-electron chi connectivity index (χ1n) is 9.59. The highest BCUT2D eigenvalue weighted by Crippen LogP contribution is 2.26. The number of hydrogen-bond donors (Lipinski definition) is 1. The number of nitrogens with zero attached hydrogens (tertiary/aromatic N) is 3. The fourth-order valence-corrected chi connectivity index (χ4v) is 3.68. The predicted molar refractivity (Wildman–Crippen MR) is 124 cm³/mol. The van der Waals surface area contributed by atoms with Gasteiger partial charge in [-0.15, -0.1) is 0 Å². The third kappa shape index (κ3) is 5.23. The lowest BCUT2D eigenvalue weighted by atomic mass is 10.1. The van der Waals surface area contributed by atoms with Crippen LogP contribution in [-0.4, -0.2) is 24.4 Å². The number of hydrogen-bond acceptors (Lipinski definition) is 5. The number of benzene rings is 3. The van der Waals surface area contributed by atoms with Crippen molar-refractivity contribution < 1.29 is 13.3 Å². The lowest BCUT2D eigenvalue weighted by Crippen LogP contribution is -2.12. The second-order valence-electron chi connectivity index (χ2n) is 6.91. The quantitative estimate of drug-likeness (QED) is 0.322. The molecule has 0 aliphatic rings. The van der Waals surface area contributed by atoms with Gasteiger partial charge in [0.15, 0.2) is 0 Å². The molecule has 4 rings (SSSR count). The summed E-state index contributed by atoms with van der Waals surface area (Å²) < 4.78 is 24.8. The lowest BCUT2D eigenvalue weighted by Gasteiger charge is -2.08. The number of nitrogens with two attached hydrogens (primary N) is 1. The summed E-state index contributed by atoms with van der Waals surface area (Å²) >= 11 is 6.03. The van der Waals surface area contributed by atoms with Crippen LogP contribution < -0.4 is 5.14 Å². The first kappa shape index (κ1) is 21.8. The van der Waals surface area contributed by atoms with E-state index in [-0.39, 0.29) is 4.90 Å². The minimum atomic E-state index is -3.78. The van der Waals surface area contributed by atoms with E-state index in [4.69, 9.17) is 21.6 Å². The highest BCUT2D eigenvalue weighted by molar-refractivity contribution is 7.89. The Hall–Kier alpha value is -3.46. The van der Waals surface area contributed by atoms with E-state index in [1.165, 1.54) is 18.3 Å². The van der Waals surface area contributed by atoms with E-state index in [9.17, 15) is 8.42 Å². The molecule has 0 saturated carbocycles. The van der Waals surface area contributed by atoms with Crippen molar-refractivity contribution in [2.45, 2.75) is 11.5 Å². The topological polar surface area (TPSA) is 99.6 Å². The molecule has 0 saturated heterocycles. The Morgan fingerprint density at radius 1 is 1.00 bits per heavy atom. The van der Waals surface area contributed by atoms with Gasteiger partial charge in [0.25, 0.3) is 0 Å². The standard InChI is InChI=1S/C23H19ClN4O3S/c24-19-8-6-18(7-9-19)23-14-20(15-26-31-16-17-4-2-1-3-5-17)27-28(23)21-10-12-22(13-11-21)32(25,29)30/h1-15H,16H2,(H2,25,29,30). The molecule has 0 amide bonds. The lowest BCUT2D eigenvalue weighted by molar-refractivity contribution is 0.132. The average Bonchev–Trinajstić information content (AvgIpc) is 3.22. The summed E-state index contributed by atoms with van der Waals surface area (Å²) in [6, 6.07) is 25.0. The summed E-state index contributed by atoms with van der Waals surface area (Å²) in [4.78, 5) is 5.40. The highest BCUT2D eigenvalue weighted by atomic mass is 35.5. The molecule has 0 fully saturated rings. The molecular weight excluding hydrogens is 448 g/mol. The zero-order valence-electron chi connectivity index (χ0n) is 16.8. The van der Waals surface area contributed by atoms with Gasteiger partial charge in [0, 0.05) is 10.6 Å². The van der Waals surface area contributed by atoms with Crippen molar-refractivity contribution >= 4 is 27.8 Å². The molecule has 9 heteroatoms. The number of sulfonamides is 1. The maximum atomic E-state index is 11.6. The Morgan fingerprint density at radius 3 is 2.34 bits per heavy atom. The van der Waals surface area contributed by atoms with Crippen LogP contribution in [0.4, 0.5) is 0 Å². The summed E-state index contributed by atoms with van der Waals surface area (Å²) in [6.45, 7) is 0.344. The molecule has 0 radical (unpaired) electrons. The van der Waals surface area contributed by atoms with Gasteiger partial charge in [0.1, 0.15) is 12.3 Å². The molecule has 1 heterocycles. The molecular formula is C23H19ClN4O3S. The maximum absolute atomic E-state index is 11.6. The molecule has 0 aliphatic carbocycles. The second kappa shape index (κ2) is 9.35. The number of aromatic nitrogens is 2. The van der Waals surface area contributed by atoms with Gasteiger partial charge in [0.05, 0.1) is 22.5 Å². The minimum absolute atomic E-state index is 0.0255. The van der Waals surface area contributed by atoms with E-state index in [2.05, 4.69) is 10.3 Å². The third-order valence-electron chi connectivity index (χ3n) is 4.61. The molecule has 7 nitrogen and oxygen atoms in total. The van der Waals surface area contributed by atoms with Crippen LogP contribution in [0, 0.1) is 0 Å². The summed E-state index contributed by atoms with van der Waals surface area (Å²) in [5.41, 5.74) is 3.88. The number of primary sulfonamides is 1. The molecule has 0 unspecified atom stereocenters. The highest BCUT2D eigenvalue weighted by Gasteiger charge is 2.13. The molecule has 0 atom stereocenters. The molecule has 2 N–H and O–H groups in total. The van der Waals surface area contributed by atoms with E-state index in [1.807, 2.05) is 48.5 Å². The normalized spacial score (nSPS) is 11.7. The van der Waals surface area contributed by atoms with Crippen LogP contribution in [0.1, 0.15) is 11.3 Å². The molecule has 162 valence electrons. The van der Waals surface area contributed by atoms with E-state index in [0.29, 0.717) is 23.0 Å². The Bertz CT molecular complexity index is 1330. The molecule has 3 aromatic carbocycles. The van der Waals surface area contributed by atoms with Gasteiger partial charge in [-0.05, 0) is 48.0 Å². The van der Waals surface area contributed by atoms with E-state index in [0.717, 1.165) is 16.8 Å². The molecule has 0 spiro atoms. The van der Waals surface area contributed by atoms with Crippen molar-refractivity contribution in [1.82, 2.24) is 9.78 Å². The van der Waals surface area contributed by atoms with Gasteiger partial charge in [-0.3, -0.25) is 0 Å². The number of halogens is 1. The second-order valence-corrected chi connectivity index (χ2v) is 8.90. The van der Waals surface area contributed by atoms with Crippen LogP contribution >= 0.6 is 11.6 Å². The Morgan fingerprint density at radius 2 is 1.69 bits per heavy atom. The SMILES string of the molecule is NS(=O)(=O)c1ccc(-n2nc(C=NOCc3ccccc3)cc2-c2ccc(Cl)cc2)cc1. The fourth-order valence-electron chi connectivity index (χ4n) is 3.04. The molecule has 1 aromatic heterocycles. The maximum Gasteiger partial charge on any atom is 0.238 e. The first-order valence-corrected chi connectivity index (χ1v) is 11.5. The smallest absolute Gasteiger partial charge is 0.238 e. The molecule has 4 aromatic rings. The van der Waals surface area contributed by atoms with Crippen LogP contribution in [-0.2, 0) is 21.5 Å². The van der Waals surface area contributed by atoms with Crippen molar-refractivity contribution in [1.29, 1.82) is 0 Å². The van der Waals surface area contributed by atoms with Gasteiger partial charge in [-0.2, -0.15) is 5.10 Å². The zero-order valence-corrected chi connectivity index (χ0v) is 18.4. The first-order chi connectivity index (χ1) is 15.4. The summed E-state index contributed by atoms with van der Waals surface area (Å²) in [6.07, 6.45) is 1.53. The van der Waals surface area contributed by atoms with Gasteiger partial charge in [-0.1, -0.05) is 59.2 Å². The van der Waals surface area contributed by atoms with Crippen LogP contribution in [0.5, 0.6) is 0 Å². The van der Waals surface area contributed by atoms with Crippen LogP contribution in [0.2, 0.25) is 5.02 Å². The van der Waals surface area contributed by atoms with E-state index < -0.39 is 10.0 Å². The zero-order chi connectivity index (χ0) is 22.6. The Balaban J connectivity index is 1.64. The van der Waals surface area contributed by atoms with E-state index in [1.54, 1.807) is 28.9 Å². The number of rotatable bonds is 7. The van der Waals surface area contributed by atoms with Gasteiger partial charge < -0.3 is 4.84 Å². The van der Waals surface area contributed by atoms with Gasteiger partial charge in [-0.25, -0.2) is 18.2 Å². The summed E-state index contributed by atoms with van der Waals surface area (Å²) in [5, 5.41) is 14.4. The van der Waals surface area contributed by atoms with Crippen molar-refractivity contribution in [3.63, 3.8) is 0 Å². The summed E-state index contributed by atoms with van der Waals surface area (Å²) in [5.74, 6) is 0. The summed E-state index contributed by atoms with van der Waals surface area (Å²) in [7, 11) is -3.78. The predicted octanol–water partition coefficient (Wildman–Crippen LogP) is 4.39. The van der Waals surface area contributed by atoms with Crippen molar-refractivity contribution in [2.75, 3.05) is 0 Å². The van der Waals surface area contributed by atoms with Crippen molar-refractivity contribution in [2.24, 2.45) is 10.3 Å². The largest absolute Gasteiger partial charge is 0.391 e. The molecule has 0 aliphatic heterocycles. The number of oxime groups is 1. The van der Waals surface area contributed by atoms with Crippen LogP contribution in [0.25, 0.3) is 16.9 Å². The van der Waals surface area contributed by atoms with Crippen LogP contribution in [0.15, 0.2) is 95.0 Å². The van der Waals surface area contributed by atoms with Gasteiger partial charge in [0.2, 0.25) is 10.0 Å². The van der Waals surface area contributed by atoms with Gasteiger partial charge >= 0.3 is 0 Å². The third-order valence-corrected chi connectivity index (χ3v) is 5.79.